The summed E-state index contributed by atoms with van der Waals surface area (Å²) in [7, 11) is -5.47. The summed E-state index contributed by atoms with van der Waals surface area (Å²) in [4.78, 5) is 0. The highest BCUT2D eigenvalue weighted by Gasteiger charge is 2.39. The topological polar surface area (TPSA) is 116 Å². The molecule has 2 unspecified atom stereocenters. The molecule has 4 rings (SSSR count). The molecule has 0 radical (unpaired) electrons. The second-order valence-electron chi connectivity index (χ2n) is 12.4. The fraction of sp³-hybridized carbons (Fsp3) is 0.655. The van der Waals surface area contributed by atoms with E-state index >= 15 is 0 Å². The summed E-state index contributed by atoms with van der Waals surface area (Å²) in [6.07, 6.45) is 7.77. The monoisotopic (exact) mass is 622 g/mol. The van der Waals surface area contributed by atoms with E-state index in [0.29, 0.717) is 19.8 Å². The third-order valence-electron chi connectivity index (χ3n) is 7.79. The molecule has 13 heteroatoms. The molecule has 234 valence electrons. The average Bonchev–Trinajstić information content (AvgIpc) is 3.51. The molecule has 11 nitrogen and oxygen atoms in total. The van der Waals surface area contributed by atoms with Crippen LogP contribution in [-0.2, 0) is 35.1 Å². The van der Waals surface area contributed by atoms with Crippen molar-refractivity contribution in [2.75, 3.05) is 39.3 Å². The van der Waals surface area contributed by atoms with E-state index in [1.807, 2.05) is 28.7 Å². The van der Waals surface area contributed by atoms with Gasteiger partial charge in [0.05, 0.1) is 57.0 Å². The summed E-state index contributed by atoms with van der Waals surface area (Å²) in [6.45, 7) is 15.4. The summed E-state index contributed by atoms with van der Waals surface area (Å²) in [5.74, 6) is 0.860. The van der Waals surface area contributed by atoms with Gasteiger partial charge in [0.15, 0.2) is 6.23 Å². The van der Waals surface area contributed by atoms with Crippen molar-refractivity contribution >= 4 is 29.3 Å². The number of ether oxygens (including phenoxy) is 3. The van der Waals surface area contributed by atoms with E-state index in [4.69, 9.17) is 23.7 Å². The predicted molar refractivity (Wildman–Crippen MR) is 165 cm³/mol. The van der Waals surface area contributed by atoms with Crippen molar-refractivity contribution in [1.29, 1.82) is 0 Å². The molecule has 1 fully saturated rings. The lowest BCUT2D eigenvalue weighted by molar-refractivity contribution is -0.0365. The molecule has 2 aromatic heterocycles. The van der Waals surface area contributed by atoms with Crippen LogP contribution in [0.3, 0.4) is 0 Å². The zero-order chi connectivity index (χ0) is 30.5. The first-order valence-corrected chi connectivity index (χ1v) is 19.4. The second kappa shape index (κ2) is 13.6. The Labute approximate surface area is 250 Å². The Bertz CT molecular complexity index is 1430. The van der Waals surface area contributed by atoms with Gasteiger partial charge in [0.25, 0.3) is 10.1 Å². The molecule has 0 spiro atoms. The summed E-state index contributed by atoms with van der Waals surface area (Å²) in [6, 6.07) is 6.27. The number of fused-ring (bicyclic) bond motifs is 1. The summed E-state index contributed by atoms with van der Waals surface area (Å²) >= 11 is 0. The summed E-state index contributed by atoms with van der Waals surface area (Å²) in [5.41, 5.74) is 2.79. The SMILES string of the molecule is CC(Cn1cc(-c2nn(C3CCCCO3)c3ccc(O[Si](C)(C)C(C)(C)C)cc23)cn1)OCCOCCOS(C)(=O)=O. The maximum absolute atomic E-state index is 11.0. The van der Waals surface area contributed by atoms with Gasteiger partial charge in [-0.1, -0.05) is 20.8 Å². The zero-order valence-corrected chi connectivity index (χ0v) is 27.8. The maximum Gasteiger partial charge on any atom is 0.264 e. The van der Waals surface area contributed by atoms with E-state index in [1.165, 1.54) is 0 Å². The van der Waals surface area contributed by atoms with Crippen LogP contribution in [-0.4, -0.2) is 81.7 Å². The first kappa shape index (κ1) is 32.6. The van der Waals surface area contributed by atoms with Gasteiger partial charge in [0.1, 0.15) is 11.4 Å². The Morgan fingerprint density at radius 1 is 1.14 bits per heavy atom. The highest BCUT2D eigenvalue weighted by molar-refractivity contribution is 7.85. The zero-order valence-electron chi connectivity index (χ0n) is 26.0. The van der Waals surface area contributed by atoms with Gasteiger partial charge >= 0.3 is 0 Å². The number of hydrogen-bond donors (Lipinski definition) is 0. The van der Waals surface area contributed by atoms with E-state index in [2.05, 4.69) is 61.3 Å². The molecule has 0 saturated carbocycles. The molecule has 1 aliphatic heterocycles. The molecular formula is C29H46N4O7SSi. The van der Waals surface area contributed by atoms with Crippen molar-refractivity contribution in [1.82, 2.24) is 19.6 Å². The minimum Gasteiger partial charge on any atom is -0.543 e. The third kappa shape index (κ3) is 8.63. The third-order valence-corrected chi connectivity index (χ3v) is 12.7. The minimum absolute atomic E-state index is 0.00826. The number of aromatic nitrogens is 4. The van der Waals surface area contributed by atoms with Crippen molar-refractivity contribution in [3.05, 3.63) is 30.6 Å². The molecule has 0 amide bonds. The molecule has 0 bridgehead atoms. The van der Waals surface area contributed by atoms with Crippen LogP contribution in [0.5, 0.6) is 5.75 Å². The van der Waals surface area contributed by atoms with Crippen LogP contribution in [0.25, 0.3) is 22.2 Å². The largest absolute Gasteiger partial charge is 0.543 e. The van der Waals surface area contributed by atoms with Crippen LogP contribution in [0.15, 0.2) is 30.6 Å². The number of hydrogen-bond acceptors (Lipinski definition) is 9. The van der Waals surface area contributed by atoms with Gasteiger partial charge < -0.3 is 18.6 Å². The van der Waals surface area contributed by atoms with Crippen molar-refractivity contribution in [2.24, 2.45) is 0 Å². The van der Waals surface area contributed by atoms with Gasteiger partial charge in [-0.05, 0) is 62.5 Å². The lowest BCUT2D eigenvalue weighted by Crippen LogP contribution is -2.43. The standard InChI is InChI=1S/C29H46N4O7SSi/c1-22(37-16-14-36-15-17-39-41(5,34)35)20-32-21-23(19-30-32)28-25-18-24(40-42(6,7)29(2,3)4)11-12-26(25)33(31-28)27-10-8-9-13-38-27/h11-12,18-19,21-22,27H,8-10,13-17,20H2,1-7H3. The van der Waals surface area contributed by atoms with Crippen LogP contribution in [0.2, 0.25) is 18.1 Å². The predicted octanol–water partition coefficient (Wildman–Crippen LogP) is 5.38. The van der Waals surface area contributed by atoms with Gasteiger partial charge in [0, 0.05) is 23.8 Å². The highest BCUT2D eigenvalue weighted by atomic mass is 32.2. The van der Waals surface area contributed by atoms with Crippen LogP contribution in [0.1, 0.15) is 53.2 Å². The molecule has 3 aromatic rings. The van der Waals surface area contributed by atoms with E-state index in [9.17, 15) is 8.42 Å². The van der Waals surface area contributed by atoms with Crippen molar-refractivity contribution in [2.45, 2.75) is 84.0 Å². The molecule has 1 aliphatic rings. The van der Waals surface area contributed by atoms with Gasteiger partial charge in [-0.15, -0.1) is 0 Å². The van der Waals surface area contributed by atoms with Crippen LogP contribution in [0, 0.1) is 0 Å². The average molecular weight is 623 g/mol. The van der Waals surface area contributed by atoms with Crippen LogP contribution >= 0.6 is 0 Å². The molecule has 1 aromatic carbocycles. The smallest absolute Gasteiger partial charge is 0.264 e. The van der Waals surface area contributed by atoms with Gasteiger partial charge in [-0.25, -0.2) is 4.68 Å². The molecule has 0 aliphatic carbocycles. The van der Waals surface area contributed by atoms with Gasteiger partial charge in [0.2, 0.25) is 8.32 Å². The molecule has 42 heavy (non-hydrogen) atoms. The first-order valence-electron chi connectivity index (χ1n) is 14.6. The molecule has 0 N–H and O–H groups in total. The fourth-order valence-corrected chi connectivity index (χ4v) is 5.93. The van der Waals surface area contributed by atoms with E-state index < -0.39 is 18.4 Å². The van der Waals surface area contributed by atoms with Crippen molar-refractivity contribution in [3.63, 3.8) is 0 Å². The first-order chi connectivity index (χ1) is 19.7. The minimum atomic E-state index is -3.45. The quantitative estimate of drug-likeness (QED) is 0.133. The Balaban J connectivity index is 1.47. The molecule has 1 saturated heterocycles. The molecule has 3 heterocycles. The van der Waals surface area contributed by atoms with Gasteiger partial charge in [-0.2, -0.15) is 18.6 Å². The molecular weight excluding hydrogens is 576 g/mol. The van der Waals surface area contributed by atoms with E-state index in [0.717, 1.165) is 60.0 Å². The molecule has 2 atom stereocenters. The number of rotatable bonds is 14. The van der Waals surface area contributed by atoms with Crippen LogP contribution < -0.4 is 4.43 Å². The van der Waals surface area contributed by atoms with E-state index in [-0.39, 0.29) is 30.6 Å². The lowest BCUT2D eigenvalue weighted by Gasteiger charge is -2.36. The normalized spacial score (nSPS) is 17.5. The van der Waals surface area contributed by atoms with Crippen molar-refractivity contribution in [3.8, 4) is 17.0 Å². The summed E-state index contributed by atoms with van der Waals surface area (Å²) in [5, 5.41) is 10.8. The number of benzene rings is 1. The van der Waals surface area contributed by atoms with Crippen molar-refractivity contribution < 1.29 is 31.2 Å². The second-order valence-corrected chi connectivity index (χ2v) is 18.8. The lowest BCUT2D eigenvalue weighted by atomic mass is 10.1. The fourth-order valence-electron chi connectivity index (χ4n) is 4.54. The Kier molecular flexibility index (Phi) is 10.5. The van der Waals surface area contributed by atoms with Crippen LogP contribution in [0.4, 0.5) is 0 Å². The Morgan fingerprint density at radius 3 is 2.60 bits per heavy atom. The van der Waals surface area contributed by atoms with Gasteiger partial charge in [-0.3, -0.25) is 8.86 Å². The maximum atomic E-state index is 11.0. The Morgan fingerprint density at radius 2 is 1.90 bits per heavy atom. The Hall–Kier alpha value is -2.29. The highest BCUT2D eigenvalue weighted by Crippen LogP contribution is 2.39. The summed E-state index contributed by atoms with van der Waals surface area (Å²) < 4.78 is 54.5. The number of nitrogens with zero attached hydrogens (tertiary/aromatic N) is 4. The van der Waals surface area contributed by atoms with E-state index in [1.54, 1.807) is 0 Å².